The minimum Gasteiger partial charge on any atom is -0.334 e. The monoisotopic (exact) mass is 336 g/mol. The third-order valence-electron chi connectivity index (χ3n) is 4.15. The van der Waals surface area contributed by atoms with E-state index in [-0.39, 0.29) is 23.9 Å². The van der Waals surface area contributed by atoms with E-state index >= 15 is 0 Å². The maximum Gasteiger partial charge on any atom is 0.258 e. The van der Waals surface area contributed by atoms with Crippen LogP contribution in [0, 0.1) is 5.82 Å². The highest BCUT2D eigenvalue weighted by molar-refractivity contribution is 5.91. The summed E-state index contributed by atoms with van der Waals surface area (Å²) in [6, 6.07) is 5.51. The summed E-state index contributed by atoms with van der Waals surface area (Å²) < 4.78 is 18.6. The number of hydrogen-bond donors (Lipinski definition) is 2. The second-order valence-corrected chi connectivity index (χ2v) is 5.67. The number of fused-ring (bicyclic) bond motifs is 1. The number of benzene rings is 1. The molecule has 1 saturated carbocycles. The predicted molar refractivity (Wildman–Crippen MR) is 84.8 cm³/mol. The average Bonchev–Trinajstić information content (AvgIpc) is 2.93. The molecule has 6 nitrogen and oxygen atoms in total. The Morgan fingerprint density at radius 2 is 2.09 bits per heavy atom. The number of H-pyrrole nitrogens is 1. The van der Waals surface area contributed by atoms with Gasteiger partial charge in [0.15, 0.2) is 5.82 Å². The molecular weight excluding hydrogens is 323 g/mol. The van der Waals surface area contributed by atoms with Gasteiger partial charge in [-0.25, -0.2) is 4.39 Å². The van der Waals surface area contributed by atoms with Gasteiger partial charge in [-0.05, 0) is 37.5 Å². The molecule has 0 amide bonds. The molecule has 8 heteroatoms. The molecule has 1 aliphatic rings. The predicted octanol–water partition coefficient (Wildman–Crippen LogP) is 2.48. The van der Waals surface area contributed by atoms with Gasteiger partial charge in [0.25, 0.3) is 5.89 Å². The Labute approximate surface area is 136 Å². The Morgan fingerprint density at radius 3 is 2.78 bits per heavy atom. The van der Waals surface area contributed by atoms with E-state index in [0.29, 0.717) is 22.3 Å². The van der Waals surface area contributed by atoms with Crippen LogP contribution in [-0.4, -0.2) is 15.1 Å². The topological polar surface area (TPSA) is 97.8 Å². The fourth-order valence-corrected chi connectivity index (χ4v) is 2.73. The summed E-state index contributed by atoms with van der Waals surface area (Å²) in [6.45, 7) is 0. The summed E-state index contributed by atoms with van der Waals surface area (Å²) in [4.78, 5) is 18.7. The second-order valence-electron chi connectivity index (χ2n) is 5.67. The van der Waals surface area contributed by atoms with Crippen molar-refractivity contribution in [3.8, 4) is 11.5 Å². The fourth-order valence-electron chi connectivity index (χ4n) is 2.73. The summed E-state index contributed by atoms with van der Waals surface area (Å²) in [7, 11) is 0. The lowest BCUT2D eigenvalue weighted by Crippen LogP contribution is -2.44. The number of rotatable bonds is 2. The SMILES string of the molecule is Cl.NC1(c2noc(-c3cc(=O)[nH]c4cc(F)ccc34)n2)CCC1. The van der Waals surface area contributed by atoms with Crippen molar-refractivity contribution in [3.05, 3.63) is 46.3 Å². The highest BCUT2D eigenvalue weighted by atomic mass is 35.5. The summed E-state index contributed by atoms with van der Waals surface area (Å²) in [5, 5.41) is 4.58. The van der Waals surface area contributed by atoms with Gasteiger partial charge in [-0.1, -0.05) is 5.16 Å². The molecule has 1 aromatic carbocycles. The summed E-state index contributed by atoms with van der Waals surface area (Å²) in [5.74, 6) is 0.237. The van der Waals surface area contributed by atoms with Crippen molar-refractivity contribution in [1.82, 2.24) is 15.1 Å². The van der Waals surface area contributed by atoms with Crippen LogP contribution in [0.4, 0.5) is 4.39 Å². The first-order valence-electron chi connectivity index (χ1n) is 7.01. The highest BCUT2D eigenvalue weighted by Gasteiger charge is 2.39. The molecule has 3 aromatic rings. The van der Waals surface area contributed by atoms with Crippen molar-refractivity contribution in [1.29, 1.82) is 0 Å². The number of hydrogen-bond acceptors (Lipinski definition) is 5. The van der Waals surface area contributed by atoms with E-state index in [1.54, 1.807) is 6.07 Å². The van der Waals surface area contributed by atoms with Crippen LogP contribution in [0.25, 0.3) is 22.4 Å². The molecule has 0 saturated heterocycles. The average molecular weight is 337 g/mol. The molecule has 0 radical (unpaired) electrons. The Balaban J connectivity index is 0.00000156. The summed E-state index contributed by atoms with van der Waals surface area (Å²) in [6.07, 6.45) is 2.66. The van der Waals surface area contributed by atoms with E-state index in [1.807, 2.05) is 0 Å². The van der Waals surface area contributed by atoms with E-state index in [9.17, 15) is 9.18 Å². The van der Waals surface area contributed by atoms with Crippen molar-refractivity contribution < 1.29 is 8.91 Å². The van der Waals surface area contributed by atoms with Crippen LogP contribution in [0.3, 0.4) is 0 Å². The molecule has 0 atom stereocenters. The molecule has 0 bridgehead atoms. The van der Waals surface area contributed by atoms with Gasteiger partial charge in [-0.2, -0.15) is 4.98 Å². The summed E-state index contributed by atoms with van der Waals surface area (Å²) >= 11 is 0. The standard InChI is InChI=1S/C15H13FN4O2.ClH/c16-8-2-3-9-10(7-12(21)18-11(9)6-8)13-19-14(20-22-13)15(17)4-1-5-15;/h2-3,6-7H,1,4-5,17H2,(H,18,21);1H. The van der Waals surface area contributed by atoms with Gasteiger partial charge in [0, 0.05) is 11.5 Å². The molecule has 4 rings (SSSR count). The van der Waals surface area contributed by atoms with Gasteiger partial charge in [-0.3, -0.25) is 4.79 Å². The number of aromatic nitrogens is 3. The maximum absolute atomic E-state index is 13.3. The van der Waals surface area contributed by atoms with Crippen molar-refractivity contribution >= 4 is 23.3 Å². The first-order valence-corrected chi connectivity index (χ1v) is 7.01. The van der Waals surface area contributed by atoms with Gasteiger partial charge >= 0.3 is 0 Å². The second kappa shape index (κ2) is 5.43. The lowest BCUT2D eigenvalue weighted by atomic mass is 9.77. The lowest BCUT2D eigenvalue weighted by Gasteiger charge is -2.34. The van der Waals surface area contributed by atoms with Crippen LogP contribution in [0.5, 0.6) is 0 Å². The van der Waals surface area contributed by atoms with Crippen molar-refractivity contribution in [2.75, 3.05) is 0 Å². The first kappa shape index (κ1) is 15.6. The van der Waals surface area contributed by atoms with Crippen LogP contribution in [-0.2, 0) is 5.54 Å². The molecule has 120 valence electrons. The van der Waals surface area contributed by atoms with E-state index in [4.69, 9.17) is 10.3 Å². The largest absolute Gasteiger partial charge is 0.334 e. The van der Waals surface area contributed by atoms with Gasteiger partial charge < -0.3 is 15.2 Å². The van der Waals surface area contributed by atoms with Gasteiger partial charge in [0.05, 0.1) is 16.6 Å². The Morgan fingerprint density at radius 1 is 1.30 bits per heavy atom. The lowest BCUT2D eigenvalue weighted by molar-refractivity contribution is 0.229. The smallest absolute Gasteiger partial charge is 0.258 e. The Hall–Kier alpha value is -2.25. The summed E-state index contributed by atoms with van der Waals surface area (Å²) in [5.41, 5.74) is 6.13. The van der Waals surface area contributed by atoms with E-state index in [1.165, 1.54) is 18.2 Å². The van der Waals surface area contributed by atoms with Crippen LogP contribution < -0.4 is 11.3 Å². The first-order chi connectivity index (χ1) is 10.5. The number of halogens is 2. The molecule has 23 heavy (non-hydrogen) atoms. The number of nitrogens with one attached hydrogen (secondary N) is 1. The molecule has 2 aromatic heterocycles. The third kappa shape index (κ3) is 2.51. The molecule has 1 aliphatic carbocycles. The van der Waals surface area contributed by atoms with Crippen LogP contribution in [0.15, 0.2) is 33.6 Å². The molecule has 1 fully saturated rings. The van der Waals surface area contributed by atoms with Crippen molar-refractivity contribution in [2.24, 2.45) is 5.73 Å². The molecule has 0 unspecified atom stereocenters. The zero-order valence-electron chi connectivity index (χ0n) is 12.0. The van der Waals surface area contributed by atoms with E-state index in [0.717, 1.165) is 19.3 Å². The number of pyridine rings is 1. The molecule has 0 spiro atoms. The van der Waals surface area contributed by atoms with Crippen molar-refractivity contribution in [3.63, 3.8) is 0 Å². The molecular formula is C15H14ClFN4O2. The minimum atomic E-state index is -0.537. The Bertz CT molecular complexity index is 933. The van der Waals surface area contributed by atoms with E-state index < -0.39 is 11.4 Å². The molecule has 2 heterocycles. The van der Waals surface area contributed by atoms with Crippen LogP contribution in [0.1, 0.15) is 25.1 Å². The Kier molecular flexibility index (Phi) is 3.69. The van der Waals surface area contributed by atoms with Gasteiger partial charge in [0.1, 0.15) is 5.82 Å². The third-order valence-corrected chi connectivity index (χ3v) is 4.15. The maximum atomic E-state index is 13.3. The zero-order valence-corrected chi connectivity index (χ0v) is 12.8. The van der Waals surface area contributed by atoms with Crippen LogP contribution in [0.2, 0.25) is 0 Å². The number of aromatic amines is 1. The highest BCUT2D eigenvalue weighted by Crippen LogP contribution is 2.38. The van der Waals surface area contributed by atoms with E-state index in [2.05, 4.69) is 15.1 Å². The van der Waals surface area contributed by atoms with Crippen molar-refractivity contribution in [2.45, 2.75) is 24.8 Å². The quantitative estimate of drug-likeness (QED) is 0.749. The number of nitrogens with zero attached hydrogens (tertiary/aromatic N) is 2. The normalized spacial score (nSPS) is 15.9. The molecule has 3 N–H and O–H groups in total. The zero-order chi connectivity index (χ0) is 15.3. The molecule has 0 aliphatic heterocycles. The van der Waals surface area contributed by atoms with Gasteiger partial charge in [-0.15, -0.1) is 12.4 Å². The van der Waals surface area contributed by atoms with Gasteiger partial charge in [0.2, 0.25) is 5.56 Å². The van der Waals surface area contributed by atoms with Crippen LogP contribution >= 0.6 is 12.4 Å². The number of nitrogens with two attached hydrogens (primary N) is 1. The fraction of sp³-hybridized carbons (Fsp3) is 0.267. The minimum absolute atomic E-state index is 0.